The quantitative estimate of drug-likeness (QED) is 0.908. The van der Waals surface area contributed by atoms with E-state index in [1.165, 1.54) is 0 Å². The number of hydrogen-bond donors (Lipinski definition) is 1. The maximum atomic E-state index is 11.8. The second-order valence-corrected chi connectivity index (χ2v) is 5.30. The molecule has 0 aliphatic carbocycles. The van der Waals surface area contributed by atoms with E-state index in [9.17, 15) is 4.79 Å². The van der Waals surface area contributed by atoms with Gasteiger partial charge in [0, 0.05) is 6.92 Å². The standard InChI is InChI=1S/C14H17N3O3/c1-9-16-17-12(19-9)10-7-5-6-8-11(10)15-13(18)20-14(2,3)4/h5-8H,1-4H3,(H,15,18). The molecule has 0 aliphatic rings. The zero-order valence-electron chi connectivity index (χ0n) is 11.9. The SMILES string of the molecule is Cc1nnc(-c2ccccc2NC(=O)OC(C)(C)C)o1. The maximum Gasteiger partial charge on any atom is 0.412 e. The summed E-state index contributed by atoms with van der Waals surface area (Å²) in [6.07, 6.45) is -0.527. The van der Waals surface area contributed by atoms with Crippen molar-refractivity contribution in [1.29, 1.82) is 0 Å². The first-order chi connectivity index (χ1) is 9.35. The molecule has 1 heterocycles. The molecule has 0 saturated heterocycles. The number of amides is 1. The van der Waals surface area contributed by atoms with Crippen LogP contribution in [0.25, 0.3) is 11.5 Å². The summed E-state index contributed by atoms with van der Waals surface area (Å²) >= 11 is 0. The molecule has 0 aliphatic heterocycles. The Morgan fingerprint density at radius 3 is 2.55 bits per heavy atom. The number of para-hydroxylation sites is 1. The number of anilines is 1. The van der Waals surface area contributed by atoms with Crippen LogP contribution < -0.4 is 5.32 Å². The van der Waals surface area contributed by atoms with E-state index in [-0.39, 0.29) is 0 Å². The second kappa shape index (κ2) is 5.32. The molecule has 6 heteroatoms. The van der Waals surface area contributed by atoms with Crippen LogP contribution in [0.3, 0.4) is 0 Å². The summed E-state index contributed by atoms with van der Waals surface area (Å²) in [6, 6.07) is 7.17. The van der Waals surface area contributed by atoms with Crippen molar-refractivity contribution >= 4 is 11.8 Å². The molecule has 0 radical (unpaired) electrons. The van der Waals surface area contributed by atoms with Crippen molar-refractivity contribution in [1.82, 2.24) is 10.2 Å². The van der Waals surface area contributed by atoms with Crippen LogP contribution in [-0.4, -0.2) is 21.9 Å². The lowest BCUT2D eigenvalue weighted by molar-refractivity contribution is 0.0636. The van der Waals surface area contributed by atoms with Crippen LogP contribution in [0.1, 0.15) is 26.7 Å². The van der Waals surface area contributed by atoms with Gasteiger partial charge in [-0.2, -0.15) is 0 Å². The minimum atomic E-state index is -0.555. The lowest BCUT2D eigenvalue weighted by Gasteiger charge is -2.20. The fourth-order valence-corrected chi connectivity index (χ4v) is 1.60. The molecule has 2 rings (SSSR count). The molecule has 1 aromatic heterocycles. The van der Waals surface area contributed by atoms with Crippen molar-refractivity contribution in [2.24, 2.45) is 0 Å². The highest BCUT2D eigenvalue weighted by Crippen LogP contribution is 2.27. The molecule has 20 heavy (non-hydrogen) atoms. The van der Waals surface area contributed by atoms with Gasteiger partial charge in [0.05, 0.1) is 11.3 Å². The molecule has 0 unspecified atom stereocenters. The van der Waals surface area contributed by atoms with Crippen LogP contribution in [0, 0.1) is 6.92 Å². The van der Waals surface area contributed by atoms with Gasteiger partial charge in [0.25, 0.3) is 0 Å². The smallest absolute Gasteiger partial charge is 0.412 e. The first kappa shape index (κ1) is 14.0. The van der Waals surface area contributed by atoms with Crippen LogP contribution in [0.15, 0.2) is 28.7 Å². The van der Waals surface area contributed by atoms with Gasteiger partial charge in [-0.3, -0.25) is 5.32 Å². The zero-order chi connectivity index (χ0) is 14.8. The van der Waals surface area contributed by atoms with Crippen molar-refractivity contribution in [2.45, 2.75) is 33.3 Å². The van der Waals surface area contributed by atoms with E-state index in [1.807, 2.05) is 6.07 Å². The Kier molecular flexibility index (Phi) is 3.74. The van der Waals surface area contributed by atoms with Gasteiger partial charge in [0.2, 0.25) is 11.8 Å². The highest BCUT2D eigenvalue weighted by molar-refractivity contribution is 5.90. The van der Waals surface area contributed by atoms with Crippen molar-refractivity contribution in [3.63, 3.8) is 0 Å². The summed E-state index contributed by atoms with van der Waals surface area (Å²) in [5, 5.41) is 10.4. The van der Waals surface area contributed by atoms with E-state index in [4.69, 9.17) is 9.15 Å². The fraction of sp³-hybridized carbons (Fsp3) is 0.357. The Labute approximate surface area is 117 Å². The van der Waals surface area contributed by atoms with Crippen molar-refractivity contribution in [3.8, 4) is 11.5 Å². The van der Waals surface area contributed by atoms with Crippen molar-refractivity contribution in [3.05, 3.63) is 30.2 Å². The van der Waals surface area contributed by atoms with Crippen LogP contribution in [0.4, 0.5) is 10.5 Å². The largest absolute Gasteiger partial charge is 0.444 e. The predicted octanol–water partition coefficient (Wildman–Crippen LogP) is 3.39. The van der Waals surface area contributed by atoms with Crippen molar-refractivity contribution < 1.29 is 13.9 Å². The molecule has 2 aromatic rings. The lowest BCUT2D eigenvalue weighted by atomic mass is 10.2. The Bertz CT molecular complexity index is 614. The van der Waals surface area contributed by atoms with Gasteiger partial charge >= 0.3 is 6.09 Å². The van der Waals surface area contributed by atoms with Gasteiger partial charge in [-0.25, -0.2) is 4.79 Å². The van der Waals surface area contributed by atoms with E-state index in [0.717, 1.165) is 0 Å². The number of carbonyl (C=O) groups excluding carboxylic acids is 1. The Balaban J connectivity index is 2.23. The van der Waals surface area contributed by atoms with Crippen LogP contribution in [0.5, 0.6) is 0 Å². The summed E-state index contributed by atoms with van der Waals surface area (Å²) in [5.74, 6) is 0.821. The molecular weight excluding hydrogens is 258 g/mol. The maximum absolute atomic E-state index is 11.8. The molecule has 0 fully saturated rings. The normalized spacial score (nSPS) is 11.2. The third-order valence-corrected chi connectivity index (χ3v) is 2.32. The first-order valence-corrected chi connectivity index (χ1v) is 6.25. The Morgan fingerprint density at radius 1 is 1.25 bits per heavy atom. The Hall–Kier alpha value is -2.37. The number of nitrogens with one attached hydrogen (secondary N) is 1. The predicted molar refractivity (Wildman–Crippen MR) is 74.3 cm³/mol. The topological polar surface area (TPSA) is 77.2 Å². The zero-order valence-corrected chi connectivity index (χ0v) is 11.9. The minimum absolute atomic E-state index is 0.356. The Morgan fingerprint density at radius 2 is 1.95 bits per heavy atom. The molecule has 1 aromatic carbocycles. The summed E-state index contributed by atoms with van der Waals surface area (Å²) in [6.45, 7) is 7.12. The average Bonchev–Trinajstić information content (AvgIpc) is 2.74. The highest BCUT2D eigenvalue weighted by atomic mass is 16.6. The number of carbonyl (C=O) groups is 1. The lowest BCUT2D eigenvalue weighted by Crippen LogP contribution is -2.27. The third kappa shape index (κ3) is 3.57. The van der Waals surface area contributed by atoms with Crippen molar-refractivity contribution in [2.75, 3.05) is 5.32 Å². The second-order valence-electron chi connectivity index (χ2n) is 5.30. The molecule has 0 atom stereocenters. The molecule has 1 amide bonds. The van der Waals surface area contributed by atoms with Gasteiger partial charge in [-0.05, 0) is 32.9 Å². The molecule has 6 nitrogen and oxygen atoms in total. The molecule has 1 N–H and O–H groups in total. The highest BCUT2D eigenvalue weighted by Gasteiger charge is 2.18. The van der Waals surface area contributed by atoms with Gasteiger partial charge in [0.1, 0.15) is 5.60 Å². The van der Waals surface area contributed by atoms with Crippen LogP contribution >= 0.6 is 0 Å². The summed E-state index contributed by atoms with van der Waals surface area (Å²) < 4.78 is 10.6. The number of nitrogens with zero attached hydrogens (tertiary/aromatic N) is 2. The van der Waals surface area contributed by atoms with Crippen LogP contribution in [-0.2, 0) is 4.74 Å². The number of ether oxygens (including phenoxy) is 1. The number of benzene rings is 1. The number of aromatic nitrogens is 2. The molecule has 0 spiro atoms. The van der Waals surface area contributed by atoms with E-state index in [1.54, 1.807) is 45.9 Å². The monoisotopic (exact) mass is 275 g/mol. The van der Waals surface area contributed by atoms with E-state index < -0.39 is 11.7 Å². The first-order valence-electron chi connectivity index (χ1n) is 6.25. The van der Waals surface area contributed by atoms with Gasteiger partial charge < -0.3 is 9.15 Å². The number of rotatable bonds is 2. The fourth-order valence-electron chi connectivity index (χ4n) is 1.60. The summed E-state index contributed by atoms with van der Waals surface area (Å²) in [5.41, 5.74) is 0.657. The van der Waals surface area contributed by atoms with E-state index in [2.05, 4.69) is 15.5 Å². The molecular formula is C14H17N3O3. The molecule has 0 bridgehead atoms. The summed E-state index contributed by atoms with van der Waals surface area (Å²) in [4.78, 5) is 11.8. The van der Waals surface area contributed by atoms with Crippen LogP contribution in [0.2, 0.25) is 0 Å². The average molecular weight is 275 g/mol. The molecule has 106 valence electrons. The number of aryl methyl sites for hydroxylation is 1. The minimum Gasteiger partial charge on any atom is -0.444 e. The van der Waals surface area contributed by atoms with Gasteiger partial charge in [-0.1, -0.05) is 12.1 Å². The van der Waals surface area contributed by atoms with E-state index in [0.29, 0.717) is 23.0 Å². The third-order valence-electron chi connectivity index (χ3n) is 2.32. The van der Waals surface area contributed by atoms with E-state index >= 15 is 0 Å². The number of hydrogen-bond acceptors (Lipinski definition) is 5. The van der Waals surface area contributed by atoms with Gasteiger partial charge in [0.15, 0.2) is 0 Å². The summed E-state index contributed by atoms with van der Waals surface area (Å²) in [7, 11) is 0. The molecule has 0 saturated carbocycles. The van der Waals surface area contributed by atoms with Gasteiger partial charge in [-0.15, -0.1) is 10.2 Å².